The molecule has 0 fully saturated rings. The van der Waals surface area contributed by atoms with Crippen molar-refractivity contribution in [1.29, 1.82) is 0 Å². The van der Waals surface area contributed by atoms with E-state index in [9.17, 15) is 4.79 Å². The molecule has 0 aromatic carbocycles. The number of pyridine rings is 2. The van der Waals surface area contributed by atoms with E-state index in [0.29, 0.717) is 17.2 Å². The van der Waals surface area contributed by atoms with Crippen molar-refractivity contribution in [1.82, 2.24) is 9.97 Å². The maximum absolute atomic E-state index is 11.6. The van der Waals surface area contributed by atoms with Crippen LogP contribution < -0.4 is 11.1 Å². The second kappa shape index (κ2) is 5.07. The van der Waals surface area contributed by atoms with Gasteiger partial charge in [-0.2, -0.15) is 0 Å². The Balaban J connectivity index is 1.96. The molecule has 5 nitrogen and oxygen atoms in total. The monoisotopic (exact) mass is 228 g/mol. The van der Waals surface area contributed by atoms with Crippen molar-refractivity contribution < 1.29 is 4.79 Å². The van der Waals surface area contributed by atoms with Crippen LogP contribution in [0.1, 0.15) is 5.69 Å². The molecule has 0 bridgehead atoms. The molecule has 0 saturated heterocycles. The van der Waals surface area contributed by atoms with Crippen LogP contribution in [0, 0.1) is 0 Å². The molecule has 17 heavy (non-hydrogen) atoms. The van der Waals surface area contributed by atoms with E-state index >= 15 is 0 Å². The number of carbonyl (C=O) groups is 1. The number of nitrogens with one attached hydrogen (secondary N) is 1. The number of amides is 1. The maximum Gasteiger partial charge on any atom is 0.231 e. The van der Waals surface area contributed by atoms with Crippen LogP contribution >= 0.6 is 0 Å². The molecule has 2 heterocycles. The van der Waals surface area contributed by atoms with Crippen molar-refractivity contribution in [2.45, 2.75) is 6.42 Å². The first-order valence-corrected chi connectivity index (χ1v) is 5.15. The zero-order chi connectivity index (χ0) is 12.1. The fourth-order valence-electron chi connectivity index (χ4n) is 1.33. The van der Waals surface area contributed by atoms with E-state index in [4.69, 9.17) is 5.73 Å². The molecule has 0 atom stereocenters. The minimum absolute atomic E-state index is 0.152. The molecular weight excluding hydrogens is 216 g/mol. The molecule has 86 valence electrons. The Morgan fingerprint density at radius 2 is 2.12 bits per heavy atom. The van der Waals surface area contributed by atoms with Gasteiger partial charge in [0, 0.05) is 11.9 Å². The van der Waals surface area contributed by atoms with E-state index in [-0.39, 0.29) is 12.3 Å². The molecule has 2 rings (SSSR count). The molecule has 0 radical (unpaired) electrons. The molecule has 2 aromatic heterocycles. The zero-order valence-electron chi connectivity index (χ0n) is 9.13. The minimum Gasteiger partial charge on any atom is -0.397 e. The van der Waals surface area contributed by atoms with Crippen LogP contribution in [-0.4, -0.2) is 15.9 Å². The predicted octanol–water partition coefficient (Wildman–Crippen LogP) is 1.24. The molecule has 0 aliphatic heterocycles. The lowest BCUT2D eigenvalue weighted by Crippen LogP contribution is -2.15. The summed E-state index contributed by atoms with van der Waals surface area (Å²) in [7, 11) is 0. The second-order valence-electron chi connectivity index (χ2n) is 3.52. The smallest absolute Gasteiger partial charge is 0.231 e. The molecule has 0 saturated carbocycles. The third kappa shape index (κ3) is 3.27. The van der Waals surface area contributed by atoms with Crippen LogP contribution in [0.5, 0.6) is 0 Å². The highest BCUT2D eigenvalue weighted by atomic mass is 16.1. The first-order chi connectivity index (χ1) is 8.24. The summed E-state index contributed by atoms with van der Waals surface area (Å²) in [6, 6.07) is 8.78. The lowest BCUT2D eigenvalue weighted by molar-refractivity contribution is -0.115. The molecular formula is C12H12N4O. The SMILES string of the molecule is Nc1ccc(CC(=O)Nc2ccccn2)nc1. The third-order valence-corrected chi connectivity index (χ3v) is 2.12. The second-order valence-corrected chi connectivity index (χ2v) is 3.52. The predicted molar refractivity (Wildman–Crippen MR) is 65.2 cm³/mol. The largest absolute Gasteiger partial charge is 0.397 e. The highest BCUT2D eigenvalue weighted by Gasteiger charge is 2.05. The van der Waals surface area contributed by atoms with Crippen LogP contribution in [-0.2, 0) is 11.2 Å². The van der Waals surface area contributed by atoms with Crippen LogP contribution in [0.25, 0.3) is 0 Å². The molecule has 1 amide bonds. The molecule has 0 aliphatic rings. The Labute approximate surface area is 98.7 Å². The van der Waals surface area contributed by atoms with Gasteiger partial charge in [-0.25, -0.2) is 4.98 Å². The Hall–Kier alpha value is -2.43. The Morgan fingerprint density at radius 3 is 2.76 bits per heavy atom. The fourth-order valence-corrected chi connectivity index (χ4v) is 1.33. The fraction of sp³-hybridized carbons (Fsp3) is 0.0833. The zero-order valence-corrected chi connectivity index (χ0v) is 9.13. The number of nitrogens with two attached hydrogens (primary N) is 1. The Morgan fingerprint density at radius 1 is 1.24 bits per heavy atom. The van der Waals surface area contributed by atoms with Crippen LogP contribution in [0.2, 0.25) is 0 Å². The van der Waals surface area contributed by atoms with Gasteiger partial charge in [-0.15, -0.1) is 0 Å². The lowest BCUT2D eigenvalue weighted by Gasteiger charge is -2.03. The maximum atomic E-state index is 11.6. The summed E-state index contributed by atoms with van der Waals surface area (Å²) >= 11 is 0. The summed E-state index contributed by atoms with van der Waals surface area (Å²) in [4.78, 5) is 19.7. The summed E-state index contributed by atoms with van der Waals surface area (Å²) in [6.07, 6.45) is 3.36. The van der Waals surface area contributed by atoms with Crippen LogP contribution in [0.4, 0.5) is 11.5 Å². The number of nitrogen functional groups attached to an aromatic ring is 1. The topological polar surface area (TPSA) is 80.9 Å². The first-order valence-electron chi connectivity index (χ1n) is 5.15. The highest BCUT2D eigenvalue weighted by molar-refractivity contribution is 5.91. The number of rotatable bonds is 3. The summed E-state index contributed by atoms with van der Waals surface area (Å²) in [6.45, 7) is 0. The van der Waals surface area contributed by atoms with Crippen molar-refractivity contribution in [2.75, 3.05) is 11.1 Å². The van der Waals surface area contributed by atoms with E-state index in [1.165, 1.54) is 6.20 Å². The van der Waals surface area contributed by atoms with Gasteiger partial charge in [0.25, 0.3) is 0 Å². The quantitative estimate of drug-likeness (QED) is 0.828. The molecule has 2 aromatic rings. The summed E-state index contributed by atoms with van der Waals surface area (Å²) in [5, 5.41) is 2.68. The van der Waals surface area contributed by atoms with Crippen molar-refractivity contribution in [2.24, 2.45) is 0 Å². The molecule has 5 heteroatoms. The normalized spacial score (nSPS) is 9.88. The number of hydrogen-bond acceptors (Lipinski definition) is 4. The number of aromatic nitrogens is 2. The van der Waals surface area contributed by atoms with Gasteiger partial charge in [-0.05, 0) is 24.3 Å². The molecule has 0 unspecified atom stereocenters. The molecule has 3 N–H and O–H groups in total. The van der Waals surface area contributed by atoms with E-state index in [1.54, 1.807) is 30.5 Å². The van der Waals surface area contributed by atoms with Gasteiger partial charge in [0.1, 0.15) is 5.82 Å². The van der Waals surface area contributed by atoms with E-state index < -0.39 is 0 Å². The van der Waals surface area contributed by atoms with Crippen molar-refractivity contribution in [3.05, 3.63) is 48.4 Å². The molecule has 0 spiro atoms. The van der Waals surface area contributed by atoms with Gasteiger partial charge >= 0.3 is 0 Å². The lowest BCUT2D eigenvalue weighted by atomic mass is 10.2. The summed E-state index contributed by atoms with van der Waals surface area (Å²) < 4.78 is 0. The van der Waals surface area contributed by atoms with Gasteiger partial charge in [-0.1, -0.05) is 6.07 Å². The van der Waals surface area contributed by atoms with E-state index in [2.05, 4.69) is 15.3 Å². The average molecular weight is 228 g/mol. The van der Waals surface area contributed by atoms with Crippen molar-refractivity contribution in [3.63, 3.8) is 0 Å². The first kappa shape index (κ1) is 11.1. The number of carbonyl (C=O) groups excluding carboxylic acids is 1. The number of anilines is 2. The highest BCUT2D eigenvalue weighted by Crippen LogP contribution is 2.04. The van der Waals surface area contributed by atoms with Crippen molar-refractivity contribution >= 4 is 17.4 Å². The standard InChI is InChI=1S/C12H12N4O/c13-9-4-5-10(15-8-9)7-12(17)16-11-3-1-2-6-14-11/h1-6,8H,7,13H2,(H,14,16,17). The van der Waals surface area contributed by atoms with E-state index in [0.717, 1.165) is 0 Å². The number of nitrogens with zero attached hydrogens (tertiary/aromatic N) is 2. The summed E-state index contributed by atoms with van der Waals surface area (Å²) in [5.74, 6) is 0.383. The minimum atomic E-state index is -0.152. The van der Waals surface area contributed by atoms with Gasteiger partial charge in [0.05, 0.1) is 18.3 Å². The molecule has 0 aliphatic carbocycles. The van der Waals surface area contributed by atoms with Gasteiger partial charge < -0.3 is 11.1 Å². The van der Waals surface area contributed by atoms with Crippen LogP contribution in [0.3, 0.4) is 0 Å². The van der Waals surface area contributed by atoms with Crippen LogP contribution in [0.15, 0.2) is 42.7 Å². The van der Waals surface area contributed by atoms with Gasteiger partial charge in [0.2, 0.25) is 5.91 Å². The summed E-state index contributed by atoms with van der Waals surface area (Å²) in [5.41, 5.74) is 6.76. The van der Waals surface area contributed by atoms with Gasteiger partial charge in [0.15, 0.2) is 0 Å². The van der Waals surface area contributed by atoms with Gasteiger partial charge in [-0.3, -0.25) is 9.78 Å². The third-order valence-electron chi connectivity index (χ3n) is 2.12. The van der Waals surface area contributed by atoms with Crippen molar-refractivity contribution in [3.8, 4) is 0 Å². The number of hydrogen-bond donors (Lipinski definition) is 2. The average Bonchev–Trinajstić information content (AvgIpc) is 2.33. The Kier molecular flexibility index (Phi) is 3.30. The van der Waals surface area contributed by atoms with E-state index in [1.807, 2.05) is 6.07 Å². The Bertz CT molecular complexity index is 496.